The van der Waals surface area contributed by atoms with Crippen molar-refractivity contribution in [2.24, 2.45) is 0 Å². The highest BCUT2D eigenvalue weighted by atomic mass is 35.5. The number of carbonyl (C=O) groups is 1. The van der Waals surface area contributed by atoms with Gasteiger partial charge in [0.25, 0.3) is 11.8 Å². The lowest BCUT2D eigenvalue weighted by Crippen LogP contribution is -2.11. The van der Waals surface area contributed by atoms with Gasteiger partial charge >= 0.3 is 6.01 Å². The molecule has 2 aromatic heterocycles. The molecule has 2 heterocycles. The van der Waals surface area contributed by atoms with Gasteiger partial charge in [-0.2, -0.15) is 0 Å². The monoisotopic (exact) mass is 320 g/mol. The predicted molar refractivity (Wildman–Crippen MR) is 79.5 cm³/mol. The summed E-state index contributed by atoms with van der Waals surface area (Å²) in [5, 5.41) is 13.3. The van der Waals surface area contributed by atoms with Gasteiger partial charge in [0.1, 0.15) is 5.69 Å². The zero-order chi connectivity index (χ0) is 14.8. The number of aromatic nitrogens is 3. The maximum Gasteiger partial charge on any atom is 0.322 e. The summed E-state index contributed by atoms with van der Waals surface area (Å²) in [4.78, 5) is 16.2. The molecular formula is C13H9ClN4O2S. The van der Waals surface area contributed by atoms with Gasteiger partial charge in [0.05, 0.1) is 5.01 Å². The van der Waals surface area contributed by atoms with Crippen molar-refractivity contribution < 1.29 is 9.21 Å². The molecule has 6 nitrogen and oxygen atoms in total. The molecule has 0 atom stereocenters. The third kappa shape index (κ3) is 3.09. The number of rotatable bonds is 3. The number of thiazole rings is 1. The first-order chi connectivity index (χ1) is 10.1. The van der Waals surface area contributed by atoms with Gasteiger partial charge in [0.2, 0.25) is 0 Å². The summed E-state index contributed by atoms with van der Waals surface area (Å²) in [5.41, 5.74) is 1.00. The average molecular weight is 321 g/mol. The first-order valence-corrected chi connectivity index (χ1v) is 7.20. The molecule has 0 aliphatic carbocycles. The van der Waals surface area contributed by atoms with Crippen molar-refractivity contribution in [2.45, 2.75) is 6.92 Å². The normalized spacial score (nSPS) is 10.6. The fraction of sp³-hybridized carbons (Fsp3) is 0.0769. The van der Waals surface area contributed by atoms with E-state index >= 15 is 0 Å². The molecule has 0 unspecified atom stereocenters. The molecule has 0 aliphatic rings. The summed E-state index contributed by atoms with van der Waals surface area (Å²) in [5.74, 6) is -0.108. The summed E-state index contributed by atoms with van der Waals surface area (Å²) in [6.45, 7) is 1.88. The number of nitrogens with one attached hydrogen (secondary N) is 1. The first-order valence-electron chi connectivity index (χ1n) is 5.95. The molecule has 21 heavy (non-hydrogen) atoms. The minimum absolute atomic E-state index is 0.0145. The van der Waals surface area contributed by atoms with Crippen LogP contribution in [-0.2, 0) is 0 Å². The van der Waals surface area contributed by atoms with Crippen LogP contribution in [0.1, 0.15) is 15.4 Å². The molecule has 0 saturated carbocycles. The van der Waals surface area contributed by atoms with Crippen LogP contribution in [0.2, 0.25) is 5.02 Å². The van der Waals surface area contributed by atoms with Crippen molar-refractivity contribution in [3.05, 3.63) is 45.2 Å². The predicted octanol–water partition coefficient (Wildman–Crippen LogP) is 3.41. The third-order valence-electron chi connectivity index (χ3n) is 2.57. The van der Waals surface area contributed by atoms with Gasteiger partial charge in [-0.15, -0.1) is 16.4 Å². The van der Waals surface area contributed by atoms with E-state index in [0.29, 0.717) is 16.3 Å². The van der Waals surface area contributed by atoms with E-state index in [9.17, 15) is 4.79 Å². The second kappa shape index (κ2) is 5.63. The fourth-order valence-electron chi connectivity index (χ4n) is 1.64. The smallest absolute Gasteiger partial charge is 0.322 e. The molecule has 1 N–H and O–H groups in total. The summed E-state index contributed by atoms with van der Waals surface area (Å²) in [6.07, 6.45) is 0. The van der Waals surface area contributed by atoms with E-state index < -0.39 is 0 Å². The van der Waals surface area contributed by atoms with E-state index in [1.54, 1.807) is 24.3 Å². The van der Waals surface area contributed by atoms with Gasteiger partial charge in [-0.1, -0.05) is 22.8 Å². The van der Waals surface area contributed by atoms with E-state index in [2.05, 4.69) is 20.5 Å². The van der Waals surface area contributed by atoms with Crippen LogP contribution in [0.3, 0.4) is 0 Å². The quantitative estimate of drug-likeness (QED) is 0.799. The molecular weight excluding hydrogens is 312 g/mol. The molecule has 0 aliphatic heterocycles. The molecule has 1 amide bonds. The molecule has 1 aromatic carbocycles. The van der Waals surface area contributed by atoms with E-state index in [1.807, 2.05) is 12.3 Å². The molecule has 0 radical (unpaired) electrons. The summed E-state index contributed by atoms with van der Waals surface area (Å²) < 4.78 is 5.36. The Morgan fingerprint density at radius 3 is 2.95 bits per heavy atom. The third-order valence-corrected chi connectivity index (χ3v) is 3.58. The van der Waals surface area contributed by atoms with Crippen molar-refractivity contribution in [2.75, 3.05) is 5.32 Å². The summed E-state index contributed by atoms with van der Waals surface area (Å²) in [6, 6.07) is 6.59. The Bertz CT molecular complexity index is 799. The minimum Gasteiger partial charge on any atom is -0.401 e. The summed E-state index contributed by atoms with van der Waals surface area (Å²) in [7, 11) is 0. The molecule has 0 spiro atoms. The van der Waals surface area contributed by atoms with Gasteiger partial charge < -0.3 is 4.42 Å². The van der Waals surface area contributed by atoms with Crippen molar-refractivity contribution in [1.82, 2.24) is 15.2 Å². The highest BCUT2D eigenvalue weighted by molar-refractivity contribution is 7.09. The number of anilines is 1. The zero-order valence-electron chi connectivity index (χ0n) is 10.8. The molecule has 8 heteroatoms. The van der Waals surface area contributed by atoms with Crippen LogP contribution in [0, 0.1) is 6.92 Å². The van der Waals surface area contributed by atoms with Crippen LogP contribution in [-0.4, -0.2) is 21.1 Å². The second-order valence-corrected chi connectivity index (χ2v) is 5.63. The molecule has 3 aromatic rings. The highest BCUT2D eigenvalue weighted by Gasteiger charge is 2.14. The van der Waals surface area contributed by atoms with Gasteiger partial charge in [-0.05, 0) is 25.1 Å². The van der Waals surface area contributed by atoms with E-state index in [1.165, 1.54) is 11.3 Å². The van der Waals surface area contributed by atoms with Crippen LogP contribution >= 0.6 is 22.9 Å². The molecule has 0 bridgehead atoms. The average Bonchev–Trinajstić information content (AvgIpc) is 3.07. The van der Waals surface area contributed by atoms with Crippen molar-refractivity contribution in [3.63, 3.8) is 0 Å². The molecule has 3 rings (SSSR count). The maximum absolute atomic E-state index is 12.0. The largest absolute Gasteiger partial charge is 0.401 e. The number of nitrogens with zero attached hydrogens (tertiary/aromatic N) is 3. The summed E-state index contributed by atoms with van der Waals surface area (Å²) >= 11 is 7.32. The SMILES string of the molecule is Cc1nc(-c2nnc(NC(=O)c3cccc(Cl)c3)o2)cs1. The number of carbonyl (C=O) groups excluding carboxylic acids is 1. The Morgan fingerprint density at radius 2 is 2.24 bits per heavy atom. The van der Waals surface area contributed by atoms with Crippen LogP contribution in [0.15, 0.2) is 34.1 Å². The zero-order valence-corrected chi connectivity index (χ0v) is 12.4. The van der Waals surface area contributed by atoms with Gasteiger partial charge in [0, 0.05) is 16.0 Å². The van der Waals surface area contributed by atoms with Crippen LogP contribution in [0.25, 0.3) is 11.6 Å². The Balaban J connectivity index is 1.77. The molecule has 106 valence electrons. The Labute approximate surface area is 128 Å². The topological polar surface area (TPSA) is 80.9 Å². The number of amides is 1. The highest BCUT2D eigenvalue weighted by Crippen LogP contribution is 2.22. The number of halogens is 1. The van der Waals surface area contributed by atoms with Gasteiger partial charge in [-0.3, -0.25) is 10.1 Å². The van der Waals surface area contributed by atoms with E-state index in [4.69, 9.17) is 16.0 Å². The lowest BCUT2D eigenvalue weighted by Gasteiger charge is -2.00. The van der Waals surface area contributed by atoms with Crippen LogP contribution < -0.4 is 5.32 Å². The number of hydrogen-bond donors (Lipinski definition) is 1. The molecule has 0 saturated heterocycles. The van der Waals surface area contributed by atoms with E-state index in [0.717, 1.165) is 5.01 Å². The van der Waals surface area contributed by atoms with Crippen molar-refractivity contribution >= 4 is 34.9 Å². The van der Waals surface area contributed by atoms with Crippen molar-refractivity contribution in [1.29, 1.82) is 0 Å². The lowest BCUT2D eigenvalue weighted by molar-refractivity contribution is 0.102. The van der Waals surface area contributed by atoms with Crippen LogP contribution in [0.4, 0.5) is 6.01 Å². The standard InChI is InChI=1S/C13H9ClN4O2S/c1-7-15-10(6-21-7)12-17-18-13(20-12)16-11(19)8-3-2-4-9(14)5-8/h2-6H,1H3,(H,16,18,19). The van der Waals surface area contributed by atoms with Gasteiger partial charge in [0.15, 0.2) is 0 Å². The molecule has 0 fully saturated rings. The first kappa shape index (κ1) is 13.7. The Morgan fingerprint density at radius 1 is 1.38 bits per heavy atom. The second-order valence-electron chi connectivity index (χ2n) is 4.13. The Kier molecular flexibility index (Phi) is 3.68. The fourth-order valence-corrected chi connectivity index (χ4v) is 2.41. The van der Waals surface area contributed by atoms with Gasteiger partial charge in [-0.25, -0.2) is 4.98 Å². The maximum atomic E-state index is 12.0. The van der Waals surface area contributed by atoms with E-state index in [-0.39, 0.29) is 17.8 Å². The number of hydrogen-bond acceptors (Lipinski definition) is 6. The van der Waals surface area contributed by atoms with Crippen LogP contribution in [0.5, 0.6) is 0 Å². The Hall–Kier alpha value is -2.25. The van der Waals surface area contributed by atoms with Crippen molar-refractivity contribution in [3.8, 4) is 11.6 Å². The number of benzene rings is 1. The number of aryl methyl sites for hydroxylation is 1. The lowest BCUT2D eigenvalue weighted by atomic mass is 10.2. The minimum atomic E-state index is -0.373.